The predicted octanol–water partition coefficient (Wildman–Crippen LogP) is 3.29. The van der Waals surface area contributed by atoms with Gasteiger partial charge in [-0.1, -0.05) is 18.2 Å². The van der Waals surface area contributed by atoms with Crippen molar-refractivity contribution in [3.63, 3.8) is 0 Å². The van der Waals surface area contributed by atoms with E-state index in [0.717, 1.165) is 33.8 Å². The Labute approximate surface area is 121 Å². The van der Waals surface area contributed by atoms with E-state index in [2.05, 4.69) is 10.3 Å². The summed E-state index contributed by atoms with van der Waals surface area (Å²) in [5, 5.41) is 4.33. The third-order valence-electron chi connectivity index (χ3n) is 3.45. The Morgan fingerprint density at radius 2 is 1.90 bits per heavy atom. The average molecular weight is 279 g/mol. The second-order valence-corrected chi connectivity index (χ2v) is 4.80. The molecule has 0 aliphatic carbocycles. The molecule has 0 atom stereocenters. The minimum atomic E-state index is 0.263. The Morgan fingerprint density at radius 3 is 2.86 bits per heavy atom. The Morgan fingerprint density at radius 1 is 1.05 bits per heavy atom. The molecular weight excluding hydrogens is 266 g/mol. The number of nitrogens with two attached hydrogens (primary N) is 1. The van der Waals surface area contributed by atoms with Gasteiger partial charge in [-0.3, -0.25) is 4.98 Å². The van der Waals surface area contributed by atoms with E-state index in [0.29, 0.717) is 5.69 Å². The number of fused-ring (bicyclic) bond motifs is 2. The molecule has 3 N–H and O–H groups in total. The second-order valence-electron chi connectivity index (χ2n) is 4.80. The maximum absolute atomic E-state index is 6.07. The first kappa shape index (κ1) is 11.8. The van der Waals surface area contributed by atoms with Crippen LogP contribution in [0.15, 0.2) is 48.7 Å². The summed E-state index contributed by atoms with van der Waals surface area (Å²) in [5.74, 6) is 1.49. The molecule has 21 heavy (non-hydrogen) atoms. The Kier molecular flexibility index (Phi) is 2.57. The zero-order chi connectivity index (χ0) is 14.2. The molecule has 0 amide bonds. The third kappa shape index (κ3) is 1.99. The maximum atomic E-state index is 6.07. The summed E-state index contributed by atoms with van der Waals surface area (Å²) in [5.41, 5.74) is 9.31. The number of pyridine rings is 1. The average Bonchev–Trinajstić information content (AvgIpc) is 2.98. The fraction of sp³-hybridized carbons (Fsp3) is 0.0625. The quantitative estimate of drug-likeness (QED) is 0.753. The molecule has 2 heterocycles. The SMILES string of the molecule is Nc1cnc2ccccc2c1Nc1ccc2c(c1)OCO2. The molecule has 1 aromatic heterocycles. The highest BCUT2D eigenvalue weighted by Crippen LogP contribution is 2.37. The van der Waals surface area contributed by atoms with Crippen LogP contribution in [0.1, 0.15) is 0 Å². The molecule has 2 aromatic carbocycles. The van der Waals surface area contributed by atoms with Crippen LogP contribution >= 0.6 is 0 Å². The van der Waals surface area contributed by atoms with Crippen molar-refractivity contribution in [3.8, 4) is 11.5 Å². The Hall–Kier alpha value is -2.95. The zero-order valence-corrected chi connectivity index (χ0v) is 11.2. The first-order chi connectivity index (χ1) is 10.3. The third-order valence-corrected chi connectivity index (χ3v) is 3.45. The number of nitrogens with one attached hydrogen (secondary N) is 1. The Bertz CT molecular complexity index is 833. The number of anilines is 3. The summed E-state index contributed by atoms with van der Waals surface area (Å²) in [6.07, 6.45) is 1.66. The molecule has 5 heteroatoms. The Balaban J connectivity index is 1.79. The van der Waals surface area contributed by atoms with E-state index in [1.54, 1.807) is 6.20 Å². The van der Waals surface area contributed by atoms with Gasteiger partial charge in [-0.25, -0.2) is 0 Å². The monoisotopic (exact) mass is 279 g/mol. The maximum Gasteiger partial charge on any atom is 0.231 e. The van der Waals surface area contributed by atoms with Gasteiger partial charge in [0.2, 0.25) is 6.79 Å². The number of hydrogen-bond donors (Lipinski definition) is 2. The van der Waals surface area contributed by atoms with Crippen LogP contribution in [-0.4, -0.2) is 11.8 Å². The number of rotatable bonds is 2. The molecule has 1 aliphatic heterocycles. The number of nitrogens with zero attached hydrogens (tertiary/aromatic N) is 1. The molecule has 3 aromatic rings. The standard InChI is InChI=1S/C16H13N3O2/c17-12-8-18-13-4-2-1-3-11(13)16(12)19-10-5-6-14-15(7-10)21-9-20-14/h1-8H,9,17H2,(H,18,19). The van der Waals surface area contributed by atoms with Crippen molar-refractivity contribution in [1.29, 1.82) is 0 Å². The van der Waals surface area contributed by atoms with Gasteiger partial charge < -0.3 is 20.5 Å². The highest BCUT2D eigenvalue weighted by Gasteiger charge is 2.14. The van der Waals surface area contributed by atoms with Gasteiger partial charge >= 0.3 is 0 Å². The largest absolute Gasteiger partial charge is 0.454 e. The van der Waals surface area contributed by atoms with Crippen molar-refractivity contribution in [2.75, 3.05) is 17.8 Å². The molecule has 4 rings (SSSR count). The number of benzene rings is 2. The van der Waals surface area contributed by atoms with E-state index in [1.165, 1.54) is 0 Å². The van der Waals surface area contributed by atoms with Crippen LogP contribution in [0.25, 0.3) is 10.9 Å². The first-order valence-corrected chi connectivity index (χ1v) is 6.61. The summed E-state index contributed by atoms with van der Waals surface area (Å²) >= 11 is 0. The number of para-hydroxylation sites is 1. The van der Waals surface area contributed by atoms with Gasteiger partial charge in [0.1, 0.15) is 0 Å². The minimum Gasteiger partial charge on any atom is -0.454 e. The summed E-state index contributed by atoms with van der Waals surface area (Å²) in [4.78, 5) is 4.33. The summed E-state index contributed by atoms with van der Waals surface area (Å²) in [6, 6.07) is 13.6. The van der Waals surface area contributed by atoms with Gasteiger partial charge in [-0.15, -0.1) is 0 Å². The number of ether oxygens (including phenoxy) is 2. The van der Waals surface area contributed by atoms with Crippen molar-refractivity contribution >= 4 is 28.0 Å². The lowest BCUT2D eigenvalue weighted by atomic mass is 10.1. The molecule has 0 bridgehead atoms. The van der Waals surface area contributed by atoms with Gasteiger partial charge in [-0.05, 0) is 18.2 Å². The minimum absolute atomic E-state index is 0.263. The van der Waals surface area contributed by atoms with Crippen LogP contribution in [0.4, 0.5) is 17.1 Å². The number of hydrogen-bond acceptors (Lipinski definition) is 5. The van der Waals surface area contributed by atoms with Crippen LogP contribution in [0.3, 0.4) is 0 Å². The molecule has 0 fully saturated rings. The molecule has 0 spiro atoms. The molecule has 1 aliphatic rings. The van der Waals surface area contributed by atoms with Crippen LogP contribution in [0.2, 0.25) is 0 Å². The van der Waals surface area contributed by atoms with Crippen molar-refractivity contribution in [1.82, 2.24) is 4.98 Å². The van der Waals surface area contributed by atoms with Crippen molar-refractivity contribution < 1.29 is 9.47 Å². The molecule has 0 radical (unpaired) electrons. The molecule has 0 unspecified atom stereocenters. The summed E-state index contributed by atoms with van der Waals surface area (Å²) < 4.78 is 10.7. The van der Waals surface area contributed by atoms with Gasteiger partial charge in [0.25, 0.3) is 0 Å². The predicted molar refractivity (Wildman–Crippen MR) is 82.0 cm³/mol. The molecule has 0 saturated carbocycles. The van der Waals surface area contributed by atoms with E-state index >= 15 is 0 Å². The van der Waals surface area contributed by atoms with Crippen molar-refractivity contribution in [2.24, 2.45) is 0 Å². The number of aromatic nitrogens is 1. The number of nitrogen functional groups attached to an aromatic ring is 1. The fourth-order valence-electron chi connectivity index (χ4n) is 2.41. The summed E-state index contributed by atoms with van der Waals surface area (Å²) in [6.45, 7) is 0.263. The highest BCUT2D eigenvalue weighted by molar-refractivity contribution is 5.98. The van der Waals surface area contributed by atoms with E-state index in [-0.39, 0.29) is 6.79 Å². The van der Waals surface area contributed by atoms with E-state index in [1.807, 2.05) is 42.5 Å². The lowest BCUT2D eigenvalue weighted by Gasteiger charge is -2.12. The van der Waals surface area contributed by atoms with E-state index in [9.17, 15) is 0 Å². The van der Waals surface area contributed by atoms with Crippen LogP contribution < -0.4 is 20.5 Å². The van der Waals surface area contributed by atoms with E-state index < -0.39 is 0 Å². The smallest absolute Gasteiger partial charge is 0.231 e. The highest BCUT2D eigenvalue weighted by atomic mass is 16.7. The second kappa shape index (κ2) is 4.56. The van der Waals surface area contributed by atoms with Crippen LogP contribution in [0.5, 0.6) is 11.5 Å². The fourth-order valence-corrected chi connectivity index (χ4v) is 2.41. The molecule has 0 saturated heterocycles. The van der Waals surface area contributed by atoms with E-state index in [4.69, 9.17) is 15.2 Å². The van der Waals surface area contributed by atoms with Crippen LogP contribution in [0, 0.1) is 0 Å². The van der Waals surface area contributed by atoms with Gasteiger partial charge in [0, 0.05) is 17.1 Å². The van der Waals surface area contributed by atoms with Crippen LogP contribution in [-0.2, 0) is 0 Å². The van der Waals surface area contributed by atoms with Gasteiger partial charge in [-0.2, -0.15) is 0 Å². The normalized spacial score (nSPS) is 12.6. The molecular formula is C16H13N3O2. The molecule has 104 valence electrons. The lowest BCUT2D eigenvalue weighted by Crippen LogP contribution is -1.98. The van der Waals surface area contributed by atoms with Gasteiger partial charge in [0.15, 0.2) is 11.5 Å². The first-order valence-electron chi connectivity index (χ1n) is 6.61. The summed E-state index contributed by atoms with van der Waals surface area (Å²) in [7, 11) is 0. The van der Waals surface area contributed by atoms with Crippen molar-refractivity contribution in [2.45, 2.75) is 0 Å². The zero-order valence-electron chi connectivity index (χ0n) is 11.2. The lowest BCUT2D eigenvalue weighted by molar-refractivity contribution is 0.174. The van der Waals surface area contributed by atoms with Crippen molar-refractivity contribution in [3.05, 3.63) is 48.7 Å². The van der Waals surface area contributed by atoms with Gasteiger partial charge in [0.05, 0.1) is 23.1 Å². The topological polar surface area (TPSA) is 69.4 Å². The molecule has 5 nitrogen and oxygen atoms in total.